The minimum absolute atomic E-state index is 0.0400. The van der Waals surface area contributed by atoms with E-state index in [1.807, 2.05) is 0 Å². The third-order valence-corrected chi connectivity index (χ3v) is 4.81. The highest BCUT2D eigenvalue weighted by Gasteiger charge is 2.15. The van der Waals surface area contributed by atoms with Crippen molar-refractivity contribution in [3.8, 4) is 22.9 Å². The Kier molecular flexibility index (Phi) is 5.46. The molecule has 2 rings (SSSR count). The number of ether oxygens (including phenoxy) is 1. The molecule has 0 fully saturated rings. The van der Waals surface area contributed by atoms with Gasteiger partial charge in [0, 0.05) is 5.56 Å². The van der Waals surface area contributed by atoms with Gasteiger partial charge in [-0.05, 0) is 50.4 Å². The number of halogens is 3. The van der Waals surface area contributed by atoms with Gasteiger partial charge in [0.15, 0.2) is 17.3 Å². The number of phenols is 1. The maximum absolute atomic E-state index is 9.86. The monoisotopic (exact) mass is 434 g/mol. The SMILES string of the molecule is CCCc1nc(-c2cc(Br)c(O)c(OC)c2)nc(Cl)c1Br. The molecule has 1 heterocycles. The number of hydrogen-bond acceptors (Lipinski definition) is 4. The largest absolute Gasteiger partial charge is 0.503 e. The third-order valence-electron chi connectivity index (χ3n) is 2.87. The lowest BCUT2D eigenvalue weighted by Crippen LogP contribution is -1.99. The summed E-state index contributed by atoms with van der Waals surface area (Å²) in [5, 5.41) is 10.2. The summed E-state index contributed by atoms with van der Waals surface area (Å²) in [6.07, 6.45) is 1.75. The van der Waals surface area contributed by atoms with E-state index in [2.05, 4.69) is 48.8 Å². The second-order valence-electron chi connectivity index (χ2n) is 4.36. The molecule has 0 aliphatic rings. The molecular weight excluding hydrogens is 423 g/mol. The number of methoxy groups -OCH3 is 1. The molecule has 0 amide bonds. The lowest BCUT2D eigenvalue weighted by Gasteiger charge is -2.10. The highest BCUT2D eigenvalue weighted by molar-refractivity contribution is 9.11. The molecule has 0 bridgehead atoms. The van der Waals surface area contributed by atoms with Gasteiger partial charge in [0.2, 0.25) is 0 Å². The molecule has 7 heteroatoms. The molecule has 1 N–H and O–H groups in total. The van der Waals surface area contributed by atoms with Crippen molar-refractivity contribution in [1.29, 1.82) is 0 Å². The van der Waals surface area contributed by atoms with Crippen molar-refractivity contribution >= 4 is 43.5 Å². The van der Waals surface area contributed by atoms with Crippen LogP contribution in [0.1, 0.15) is 19.0 Å². The van der Waals surface area contributed by atoms with Crippen LogP contribution in [0.25, 0.3) is 11.4 Å². The van der Waals surface area contributed by atoms with Crippen LogP contribution in [0.2, 0.25) is 5.15 Å². The predicted octanol–water partition coefficient (Wildman–Crippen LogP) is 4.99. The summed E-state index contributed by atoms with van der Waals surface area (Å²) in [5.41, 5.74) is 1.57. The van der Waals surface area contributed by atoms with Crippen molar-refractivity contribution in [1.82, 2.24) is 9.97 Å². The molecule has 112 valence electrons. The quantitative estimate of drug-likeness (QED) is 0.686. The number of phenolic OH excluding ortho intramolecular Hbond substituents is 1. The molecule has 0 aliphatic carbocycles. The van der Waals surface area contributed by atoms with Crippen LogP contribution in [-0.2, 0) is 6.42 Å². The molecule has 1 aromatic heterocycles. The van der Waals surface area contributed by atoms with E-state index in [-0.39, 0.29) is 5.75 Å². The summed E-state index contributed by atoms with van der Waals surface area (Å²) in [6.45, 7) is 2.07. The van der Waals surface area contributed by atoms with Crippen LogP contribution >= 0.6 is 43.5 Å². The van der Waals surface area contributed by atoms with Crippen LogP contribution < -0.4 is 4.74 Å². The van der Waals surface area contributed by atoms with Gasteiger partial charge in [-0.15, -0.1) is 0 Å². The Balaban J connectivity index is 2.59. The lowest BCUT2D eigenvalue weighted by atomic mass is 10.1. The van der Waals surface area contributed by atoms with E-state index in [1.54, 1.807) is 12.1 Å². The zero-order valence-electron chi connectivity index (χ0n) is 11.5. The Hall–Kier alpha value is -0.850. The summed E-state index contributed by atoms with van der Waals surface area (Å²) >= 11 is 12.9. The highest BCUT2D eigenvalue weighted by Crippen LogP contribution is 2.38. The van der Waals surface area contributed by atoms with Gasteiger partial charge in [-0.25, -0.2) is 9.97 Å². The lowest BCUT2D eigenvalue weighted by molar-refractivity contribution is 0.372. The first-order chi connectivity index (χ1) is 9.97. The molecule has 4 nitrogen and oxygen atoms in total. The summed E-state index contributed by atoms with van der Waals surface area (Å²) < 4.78 is 6.37. The molecular formula is C14H13Br2ClN2O2. The Morgan fingerprint density at radius 3 is 2.62 bits per heavy atom. The van der Waals surface area contributed by atoms with E-state index in [9.17, 15) is 5.11 Å². The van der Waals surface area contributed by atoms with Crippen molar-refractivity contribution in [3.63, 3.8) is 0 Å². The first kappa shape index (κ1) is 16.5. The minimum atomic E-state index is 0.0400. The smallest absolute Gasteiger partial charge is 0.172 e. The maximum atomic E-state index is 9.86. The van der Waals surface area contributed by atoms with Gasteiger partial charge in [-0.2, -0.15) is 0 Å². The van der Waals surface area contributed by atoms with Crippen molar-refractivity contribution < 1.29 is 9.84 Å². The molecule has 0 saturated heterocycles. The van der Waals surface area contributed by atoms with Crippen LogP contribution in [-0.4, -0.2) is 22.2 Å². The van der Waals surface area contributed by atoms with Gasteiger partial charge >= 0.3 is 0 Å². The van der Waals surface area contributed by atoms with E-state index < -0.39 is 0 Å². The van der Waals surface area contributed by atoms with Gasteiger partial charge < -0.3 is 9.84 Å². The van der Waals surface area contributed by atoms with E-state index in [1.165, 1.54) is 7.11 Å². The second-order valence-corrected chi connectivity index (χ2v) is 6.36. The Labute approximate surface area is 144 Å². The first-order valence-electron chi connectivity index (χ1n) is 6.26. The zero-order chi connectivity index (χ0) is 15.6. The van der Waals surface area contributed by atoms with Gasteiger partial charge in [-0.1, -0.05) is 24.9 Å². The molecule has 0 atom stereocenters. The molecule has 0 saturated carbocycles. The molecule has 1 aromatic carbocycles. The molecule has 0 aliphatic heterocycles. The van der Waals surface area contributed by atoms with E-state index in [0.717, 1.165) is 23.0 Å². The van der Waals surface area contributed by atoms with Crippen molar-refractivity contribution in [3.05, 3.63) is 31.9 Å². The van der Waals surface area contributed by atoms with Crippen LogP contribution in [0.15, 0.2) is 21.1 Å². The third kappa shape index (κ3) is 3.49. The van der Waals surface area contributed by atoms with E-state index in [4.69, 9.17) is 16.3 Å². The number of benzene rings is 1. The average molecular weight is 437 g/mol. The summed E-state index contributed by atoms with van der Waals surface area (Å²) in [7, 11) is 1.49. The Bertz CT molecular complexity index is 681. The molecule has 21 heavy (non-hydrogen) atoms. The fourth-order valence-electron chi connectivity index (χ4n) is 1.85. The van der Waals surface area contributed by atoms with Gasteiger partial charge in [-0.3, -0.25) is 0 Å². The van der Waals surface area contributed by atoms with Crippen LogP contribution in [0.4, 0.5) is 0 Å². The predicted molar refractivity (Wildman–Crippen MR) is 90.1 cm³/mol. The normalized spacial score (nSPS) is 10.7. The zero-order valence-corrected chi connectivity index (χ0v) is 15.4. The van der Waals surface area contributed by atoms with Gasteiger partial charge in [0.1, 0.15) is 5.15 Å². The van der Waals surface area contributed by atoms with Gasteiger partial charge in [0.05, 0.1) is 21.7 Å². The van der Waals surface area contributed by atoms with Crippen LogP contribution in [0.5, 0.6) is 11.5 Å². The second kappa shape index (κ2) is 6.94. The molecule has 0 spiro atoms. The van der Waals surface area contributed by atoms with E-state index >= 15 is 0 Å². The van der Waals surface area contributed by atoms with E-state index in [0.29, 0.717) is 26.8 Å². The van der Waals surface area contributed by atoms with Crippen LogP contribution in [0.3, 0.4) is 0 Å². The number of hydrogen-bond donors (Lipinski definition) is 1. The van der Waals surface area contributed by atoms with Crippen molar-refractivity contribution in [2.24, 2.45) is 0 Å². The molecule has 2 aromatic rings. The van der Waals surface area contributed by atoms with Crippen LogP contribution in [0, 0.1) is 0 Å². The first-order valence-corrected chi connectivity index (χ1v) is 8.23. The number of aromatic nitrogens is 2. The number of aryl methyl sites for hydroxylation is 1. The Morgan fingerprint density at radius 1 is 1.29 bits per heavy atom. The fourth-order valence-corrected chi connectivity index (χ4v) is 2.86. The molecule has 0 radical (unpaired) electrons. The van der Waals surface area contributed by atoms with Crippen molar-refractivity contribution in [2.75, 3.05) is 7.11 Å². The maximum Gasteiger partial charge on any atom is 0.172 e. The number of aromatic hydroxyl groups is 1. The minimum Gasteiger partial charge on any atom is -0.503 e. The summed E-state index contributed by atoms with van der Waals surface area (Å²) in [4.78, 5) is 8.82. The molecule has 0 unspecified atom stereocenters. The summed E-state index contributed by atoms with van der Waals surface area (Å²) in [6, 6.07) is 3.41. The Morgan fingerprint density at radius 2 is 2.00 bits per heavy atom. The average Bonchev–Trinajstić information content (AvgIpc) is 2.46. The van der Waals surface area contributed by atoms with Crippen molar-refractivity contribution in [2.45, 2.75) is 19.8 Å². The number of nitrogens with zero attached hydrogens (tertiary/aromatic N) is 2. The topological polar surface area (TPSA) is 55.2 Å². The highest BCUT2D eigenvalue weighted by atomic mass is 79.9. The van der Waals surface area contributed by atoms with Gasteiger partial charge in [0.25, 0.3) is 0 Å². The summed E-state index contributed by atoms with van der Waals surface area (Å²) in [5.74, 6) is 0.878. The fraction of sp³-hybridized carbons (Fsp3) is 0.286. The standard InChI is InChI=1S/C14H13Br2ClN2O2/c1-3-4-9-11(16)13(17)19-14(18-9)7-5-8(15)12(20)10(6-7)21-2/h5-6,20H,3-4H2,1-2H3. The number of rotatable bonds is 4.